The fraction of sp³-hybridized carbons (Fsp3) is 0.739. The third-order valence-corrected chi connectivity index (χ3v) is 7.13. The van der Waals surface area contributed by atoms with Gasteiger partial charge in [-0.2, -0.15) is 0 Å². The molecule has 1 aliphatic carbocycles. The Labute approximate surface area is 184 Å². The highest BCUT2D eigenvalue weighted by Gasteiger charge is 2.39. The summed E-state index contributed by atoms with van der Waals surface area (Å²) in [5.74, 6) is -0.306. The molecular weight excluding hydrogens is 396 g/mol. The van der Waals surface area contributed by atoms with Crippen LogP contribution in [0, 0.1) is 0 Å². The van der Waals surface area contributed by atoms with Crippen molar-refractivity contribution >= 4 is 5.91 Å². The molecule has 1 aromatic rings. The van der Waals surface area contributed by atoms with Gasteiger partial charge in [-0.25, -0.2) is 0 Å². The lowest BCUT2D eigenvalue weighted by Crippen LogP contribution is -2.59. The first kappa shape index (κ1) is 22.5. The maximum atomic E-state index is 12.9. The molecule has 3 fully saturated rings. The van der Waals surface area contributed by atoms with E-state index in [0.717, 1.165) is 64.2 Å². The number of aliphatic hydroxyl groups is 1. The number of carbonyl (C=O) groups excluding carboxylic acids is 1. The van der Waals surface area contributed by atoms with E-state index in [1.807, 2.05) is 6.07 Å². The molecule has 31 heavy (non-hydrogen) atoms. The van der Waals surface area contributed by atoms with Gasteiger partial charge in [-0.15, -0.1) is 0 Å². The summed E-state index contributed by atoms with van der Waals surface area (Å²) in [7, 11) is 0. The Hall–Kier alpha value is -1.74. The molecule has 1 amide bonds. The Morgan fingerprint density at radius 2 is 1.94 bits per heavy atom. The minimum atomic E-state index is -0.350. The molecule has 2 aliphatic heterocycles. The Bertz CT molecular complexity index is 799. The highest BCUT2D eigenvalue weighted by atomic mass is 16.5. The molecule has 0 aromatic carbocycles. The van der Waals surface area contributed by atoms with Crippen LogP contribution in [0.25, 0.3) is 0 Å². The number of aromatic amines is 1. The molecule has 172 valence electrons. The third-order valence-electron chi connectivity index (χ3n) is 7.13. The summed E-state index contributed by atoms with van der Waals surface area (Å²) in [4.78, 5) is 32.9. The first-order chi connectivity index (χ1) is 15.1. The topological polar surface area (TPSA) is 97.9 Å². The lowest BCUT2D eigenvalue weighted by Gasteiger charge is -2.48. The predicted octanol–water partition coefficient (Wildman–Crippen LogP) is 1.10. The van der Waals surface area contributed by atoms with E-state index in [1.54, 1.807) is 6.07 Å². The second kappa shape index (κ2) is 10.3. The van der Waals surface area contributed by atoms with E-state index in [4.69, 9.17) is 4.74 Å². The number of aliphatic hydroxyl groups excluding tert-OH is 1. The summed E-state index contributed by atoms with van der Waals surface area (Å²) in [5.41, 5.74) is 0.555. The summed E-state index contributed by atoms with van der Waals surface area (Å²) < 4.78 is 5.53. The molecule has 3 aliphatic rings. The molecule has 8 heteroatoms. The van der Waals surface area contributed by atoms with Crippen molar-refractivity contribution < 1.29 is 14.6 Å². The van der Waals surface area contributed by atoms with Crippen molar-refractivity contribution in [2.75, 3.05) is 45.9 Å². The molecule has 1 atom stereocenters. The molecule has 3 heterocycles. The van der Waals surface area contributed by atoms with Gasteiger partial charge < -0.3 is 20.1 Å². The van der Waals surface area contributed by atoms with Crippen molar-refractivity contribution in [2.45, 2.75) is 63.1 Å². The highest BCUT2D eigenvalue weighted by molar-refractivity contribution is 5.93. The number of nitrogens with zero attached hydrogens (tertiary/aromatic N) is 2. The summed E-state index contributed by atoms with van der Waals surface area (Å²) >= 11 is 0. The Balaban J connectivity index is 1.38. The van der Waals surface area contributed by atoms with E-state index in [1.165, 1.54) is 19.3 Å². The molecule has 2 saturated heterocycles. The van der Waals surface area contributed by atoms with Crippen molar-refractivity contribution in [3.63, 3.8) is 0 Å². The van der Waals surface area contributed by atoms with Crippen LogP contribution in [0.5, 0.6) is 0 Å². The van der Waals surface area contributed by atoms with Crippen molar-refractivity contribution in [2.24, 2.45) is 0 Å². The van der Waals surface area contributed by atoms with Crippen LogP contribution in [0.15, 0.2) is 16.9 Å². The number of rotatable bonds is 6. The summed E-state index contributed by atoms with van der Waals surface area (Å²) in [6.45, 7) is 5.95. The van der Waals surface area contributed by atoms with Gasteiger partial charge in [-0.1, -0.05) is 19.3 Å². The first-order valence-electron chi connectivity index (χ1n) is 11.8. The molecule has 3 N–H and O–H groups in total. The summed E-state index contributed by atoms with van der Waals surface area (Å²) in [5, 5.41) is 12.9. The van der Waals surface area contributed by atoms with Gasteiger partial charge in [0.15, 0.2) is 0 Å². The zero-order valence-electron chi connectivity index (χ0n) is 18.4. The van der Waals surface area contributed by atoms with Gasteiger partial charge in [0.25, 0.3) is 11.5 Å². The quantitative estimate of drug-likeness (QED) is 0.623. The number of amides is 1. The van der Waals surface area contributed by atoms with Crippen LogP contribution in [0.2, 0.25) is 0 Å². The number of ether oxygens (including phenoxy) is 1. The molecular formula is C23H36N4O4. The molecule has 0 bridgehead atoms. The number of morpholine rings is 1. The highest BCUT2D eigenvalue weighted by Crippen LogP contribution is 2.33. The number of likely N-dealkylation sites (tertiary alicyclic amines) is 1. The average molecular weight is 433 g/mol. The second-order valence-electron chi connectivity index (χ2n) is 9.32. The molecule has 0 spiro atoms. The molecule has 8 nitrogen and oxygen atoms in total. The monoisotopic (exact) mass is 432 g/mol. The summed E-state index contributed by atoms with van der Waals surface area (Å²) in [6.07, 6.45) is 7.23. The molecule has 0 radical (unpaired) electrons. The van der Waals surface area contributed by atoms with Crippen LogP contribution >= 0.6 is 0 Å². The van der Waals surface area contributed by atoms with Gasteiger partial charge in [0.2, 0.25) is 0 Å². The van der Waals surface area contributed by atoms with Gasteiger partial charge >= 0.3 is 0 Å². The Morgan fingerprint density at radius 1 is 1.16 bits per heavy atom. The first-order valence-corrected chi connectivity index (χ1v) is 11.8. The lowest BCUT2D eigenvalue weighted by atomic mass is 9.79. The Kier molecular flexibility index (Phi) is 7.43. The van der Waals surface area contributed by atoms with Gasteiger partial charge in [0.05, 0.1) is 19.3 Å². The minimum Gasteiger partial charge on any atom is -0.392 e. The largest absolute Gasteiger partial charge is 0.392 e. The van der Waals surface area contributed by atoms with Crippen LogP contribution in [0.4, 0.5) is 0 Å². The zero-order chi connectivity index (χ0) is 21.7. The van der Waals surface area contributed by atoms with Crippen molar-refractivity contribution in [3.8, 4) is 0 Å². The van der Waals surface area contributed by atoms with Gasteiger partial charge in [-0.3, -0.25) is 19.4 Å². The molecule has 1 unspecified atom stereocenters. The van der Waals surface area contributed by atoms with Crippen LogP contribution in [-0.2, 0) is 11.3 Å². The van der Waals surface area contributed by atoms with E-state index in [9.17, 15) is 14.7 Å². The fourth-order valence-corrected chi connectivity index (χ4v) is 5.39. The van der Waals surface area contributed by atoms with Gasteiger partial charge in [0.1, 0.15) is 5.56 Å². The van der Waals surface area contributed by atoms with Crippen molar-refractivity contribution in [3.05, 3.63) is 33.7 Å². The number of nitrogens with one attached hydrogen (secondary N) is 2. The SMILES string of the molecule is O=C(NCC1(N2CCOCC2)CCCCC1)c1ccc(CN2CCCC(O)C2)[nH]c1=O. The second-order valence-corrected chi connectivity index (χ2v) is 9.32. The minimum absolute atomic E-state index is 0.0283. The maximum Gasteiger partial charge on any atom is 0.261 e. The third kappa shape index (κ3) is 5.55. The molecule has 4 rings (SSSR count). The molecule has 1 aromatic heterocycles. The van der Waals surface area contributed by atoms with Gasteiger partial charge in [-0.05, 0) is 44.4 Å². The summed E-state index contributed by atoms with van der Waals surface area (Å²) in [6, 6.07) is 3.45. The van der Waals surface area contributed by atoms with E-state index >= 15 is 0 Å². The number of H-pyrrole nitrogens is 1. The van der Waals surface area contributed by atoms with Crippen LogP contribution in [-0.4, -0.2) is 83.4 Å². The Morgan fingerprint density at radius 3 is 2.65 bits per heavy atom. The normalized spacial score (nSPS) is 25.3. The van der Waals surface area contributed by atoms with Crippen LogP contribution < -0.4 is 10.9 Å². The lowest BCUT2D eigenvalue weighted by molar-refractivity contribution is -0.0361. The number of piperidine rings is 1. The predicted molar refractivity (Wildman–Crippen MR) is 118 cm³/mol. The fourth-order valence-electron chi connectivity index (χ4n) is 5.39. The smallest absolute Gasteiger partial charge is 0.261 e. The van der Waals surface area contributed by atoms with E-state index in [2.05, 4.69) is 20.1 Å². The van der Waals surface area contributed by atoms with E-state index < -0.39 is 0 Å². The number of hydrogen-bond donors (Lipinski definition) is 3. The number of β-amino-alcohol motifs (C(OH)–C–C–N with tert-alkyl or cyclic N) is 1. The van der Waals surface area contributed by atoms with Crippen LogP contribution in [0.3, 0.4) is 0 Å². The van der Waals surface area contributed by atoms with E-state index in [-0.39, 0.29) is 28.7 Å². The number of carbonyl (C=O) groups is 1. The standard InChI is InChI=1S/C23H36N4O4/c28-19-5-4-10-26(16-19)15-18-6-7-20(22(30)25-18)21(29)24-17-23(8-2-1-3-9-23)27-11-13-31-14-12-27/h6-7,19,28H,1-5,8-17H2,(H,24,29)(H,25,30). The zero-order valence-corrected chi connectivity index (χ0v) is 18.4. The average Bonchev–Trinajstić information content (AvgIpc) is 2.79. The van der Waals surface area contributed by atoms with Gasteiger partial charge in [0, 0.05) is 44.0 Å². The number of aromatic nitrogens is 1. The molecule has 1 saturated carbocycles. The maximum absolute atomic E-state index is 12.9. The van der Waals surface area contributed by atoms with Crippen molar-refractivity contribution in [1.82, 2.24) is 20.1 Å². The van der Waals surface area contributed by atoms with Crippen molar-refractivity contribution in [1.29, 1.82) is 0 Å². The number of hydrogen-bond acceptors (Lipinski definition) is 6. The van der Waals surface area contributed by atoms with Crippen LogP contribution in [0.1, 0.15) is 61.0 Å². The van der Waals surface area contributed by atoms with E-state index in [0.29, 0.717) is 19.6 Å². The number of pyridine rings is 1.